The van der Waals surface area contributed by atoms with Crippen LogP contribution in [0.2, 0.25) is 0 Å². The lowest BCUT2D eigenvalue weighted by atomic mass is 10.2. The first-order chi connectivity index (χ1) is 7.65. The van der Waals surface area contributed by atoms with Gasteiger partial charge in [-0.15, -0.1) is 0 Å². The third-order valence-electron chi connectivity index (χ3n) is 2.30. The van der Waals surface area contributed by atoms with Crippen molar-refractivity contribution in [3.05, 3.63) is 30.5 Å². The number of fused-ring (bicyclic) bond motifs is 1. The first kappa shape index (κ1) is 10.7. The van der Waals surface area contributed by atoms with Gasteiger partial charge in [0.05, 0.1) is 6.54 Å². The van der Waals surface area contributed by atoms with Gasteiger partial charge in [-0.25, -0.2) is 0 Å². The maximum absolute atomic E-state index is 11.5. The highest BCUT2D eigenvalue weighted by atomic mass is 16.2. The number of nitrogens with one attached hydrogen (secondary N) is 2. The predicted octanol–water partition coefficient (Wildman–Crippen LogP) is 1.67. The van der Waals surface area contributed by atoms with E-state index in [4.69, 9.17) is 0 Å². The summed E-state index contributed by atoms with van der Waals surface area (Å²) in [6, 6.07) is 7.79. The minimum absolute atomic E-state index is 0.000106. The number of carbonyl (C=O) groups is 1. The molecule has 2 rings (SSSR count). The molecule has 2 aromatic rings. The number of aromatic nitrogens is 1. The van der Waals surface area contributed by atoms with E-state index in [9.17, 15) is 4.79 Å². The lowest BCUT2D eigenvalue weighted by molar-refractivity contribution is -0.116. The Labute approximate surface area is 94.3 Å². The van der Waals surface area contributed by atoms with Crippen LogP contribution in [0.1, 0.15) is 0 Å². The van der Waals surface area contributed by atoms with Crippen molar-refractivity contribution in [2.75, 3.05) is 26.0 Å². The number of benzene rings is 1. The highest BCUT2D eigenvalue weighted by molar-refractivity contribution is 5.94. The van der Waals surface area contributed by atoms with Gasteiger partial charge in [-0.1, -0.05) is 0 Å². The van der Waals surface area contributed by atoms with E-state index in [0.717, 1.165) is 16.6 Å². The summed E-state index contributed by atoms with van der Waals surface area (Å²) in [5.41, 5.74) is 1.91. The molecule has 0 atom stereocenters. The summed E-state index contributed by atoms with van der Waals surface area (Å²) in [7, 11) is 3.74. The van der Waals surface area contributed by atoms with E-state index >= 15 is 0 Å². The monoisotopic (exact) mass is 217 g/mol. The average Bonchev–Trinajstić information content (AvgIpc) is 2.63. The number of anilines is 1. The number of likely N-dealkylation sites (N-methyl/N-ethyl adjacent to an activating group) is 1. The molecule has 1 aromatic heterocycles. The van der Waals surface area contributed by atoms with Gasteiger partial charge in [0, 0.05) is 22.8 Å². The van der Waals surface area contributed by atoms with Crippen molar-refractivity contribution in [3.8, 4) is 0 Å². The van der Waals surface area contributed by atoms with Gasteiger partial charge in [0.2, 0.25) is 5.91 Å². The summed E-state index contributed by atoms with van der Waals surface area (Å²) >= 11 is 0. The van der Waals surface area contributed by atoms with Crippen LogP contribution in [0, 0.1) is 0 Å². The van der Waals surface area contributed by atoms with Crippen LogP contribution >= 0.6 is 0 Å². The molecule has 16 heavy (non-hydrogen) atoms. The van der Waals surface area contributed by atoms with Gasteiger partial charge in [-0.2, -0.15) is 0 Å². The zero-order valence-corrected chi connectivity index (χ0v) is 9.45. The summed E-state index contributed by atoms with van der Waals surface area (Å²) in [5.74, 6) is -0.000106. The number of nitrogens with zero attached hydrogens (tertiary/aromatic N) is 1. The molecule has 0 spiro atoms. The van der Waals surface area contributed by atoms with Gasteiger partial charge >= 0.3 is 0 Å². The molecule has 0 unspecified atom stereocenters. The molecular weight excluding hydrogens is 202 g/mol. The summed E-state index contributed by atoms with van der Waals surface area (Å²) in [6.45, 7) is 0.394. The Balaban J connectivity index is 2.11. The number of aromatic amines is 1. The molecule has 0 radical (unpaired) electrons. The van der Waals surface area contributed by atoms with Crippen molar-refractivity contribution in [2.45, 2.75) is 0 Å². The highest BCUT2D eigenvalue weighted by Gasteiger charge is 2.04. The molecule has 2 N–H and O–H groups in total. The summed E-state index contributed by atoms with van der Waals surface area (Å²) in [6.07, 6.45) is 1.89. The van der Waals surface area contributed by atoms with E-state index in [1.54, 1.807) is 0 Å². The molecule has 0 saturated heterocycles. The predicted molar refractivity (Wildman–Crippen MR) is 65.5 cm³/mol. The van der Waals surface area contributed by atoms with E-state index in [1.165, 1.54) is 0 Å². The van der Waals surface area contributed by atoms with Crippen LogP contribution in [0.15, 0.2) is 30.5 Å². The van der Waals surface area contributed by atoms with Crippen molar-refractivity contribution in [2.24, 2.45) is 0 Å². The summed E-state index contributed by atoms with van der Waals surface area (Å²) in [4.78, 5) is 16.5. The molecule has 0 bridgehead atoms. The number of H-pyrrole nitrogens is 1. The number of hydrogen-bond acceptors (Lipinski definition) is 2. The van der Waals surface area contributed by atoms with E-state index in [2.05, 4.69) is 10.3 Å². The molecule has 1 aromatic carbocycles. The van der Waals surface area contributed by atoms with Gasteiger partial charge < -0.3 is 15.2 Å². The maximum atomic E-state index is 11.5. The third-order valence-corrected chi connectivity index (χ3v) is 2.30. The lowest BCUT2D eigenvalue weighted by Gasteiger charge is -2.10. The maximum Gasteiger partial charge on any atom is 0.238 e. The van der Waals surface area contributed by atoms with Crippen LogP contribution in [-0.2, 0) is 4.79 Å². The van der Waals surface area contributed by atoms with Crippen LogP contribution < -0.4 is 5.32 Å². The fraction of sp³-hybridized carbons (Fsp3) is 0.250. The van der Waals surface area contributed by atoms with E-state index < -0.39 is 0 Å². The Hall–Kier alpha value is -1.81. The van der Waals surface area contributed by atoms with E-state index in [-0.39, 0.29) is 5.91 Å². The first-order valence-electron chi connectivity index (χ1n) is 5.17. The SMILES string of the molecule is CN(C)CC(=O)Nc1ccc2[nH]ccc2c1. The molecule has 4 nitrogen and oxygen atoms in total. The largest absolute Gasteiger partial charge is 0.361 e. The zero-order chi connectivity index (χ0) is 11.5. The molecule has 0 fully saturated rings. The van der Waals surface area contributed by atoms with Crippen LogP contribution in [0.25, 0.3) is 10.9 Å². The number of amides is 1. The first-order valence-corrected chi connectivity index (χ1v) is 5.17. The summed E-state index contributed by atoms with van der Waals surface area (Å²) < 4.78 is 0. The minimum Gasteiger partial charge on any atom is -0.361 e. The number of hydrogen-bond donors (Lipinski definition) is 2. The molecule has 1 heterocycles. The number of rotatable bonds is 3. The Bertz CT molecular complexity index is 502. The van der Waals surface area contributed by atoms with E-state index in [1.807, 2.05) is 49.5 Å². The highest BCUT2D eigenvalue weighted by Crippen LogP contribution is 2.17. The van der Waals surface area contributed by atoms with Gasteiger partial charge in [0.15, 0.2) is 0 Å². The zero-order valence-electron chi connectivity index (χ0n) is 9.45. The Kier molecular flexibility index (Phi) is 2.92. The van der Waals surface area contributed by atoms with Gasteiger partial charge in [-0.05, 0) is 38.4 Å². The molecule has 1 amide bonds. The smallest absolute Gasteiger partial charge is 0.238 e. The van der Waals surface area contributed by atoms with Gasteiger partial charge in [-0.3, -0.25) is 4.79 Å². The third kappa shape index (κ3) is 2.41. The lowest BCUT2D eigenvalue weighted by Crippen LogP contribution is -2.27. The van der Waals surface area contributed by atoms with Gasteiger partial charge in [0.1, 0.15) is 0 Å². The Morgan fingerprint density at radius 2 is 2.19 bits per heavy atom. The van der Waals surface area contributed by atoms with Gasteiger partial charge in [0.25, 0.3) is 0 Å². The topological polar surface area (TPSA) is 48.1 Å². The second-order valence-corrected chi connectivity index (χ2v) is 4.07. The summed E-state index contributed by atoms with van der Waals surface area (Å²) in [5, 5.41) is 3.96. The van der Waals surface area contributed by atoms with Crippen molar-refractivity contribution in [1.82, 2.24) is 9.88 Å². The minimum atomic E-state index is -0.000106. The number of carbonyl (C=O) groups excluding carboxylic acids is 1. The quantitative estimate of drug-likeness (QED) is 0.821. The average molecular weight is 217 g/mol. The second-order valence-electron chi connectivity index (χ2n) is 4.07. The van der Waals surface area contributed by atoms with Crippen molar-refractivity contribution < 1.29 is 4.79 Å². The second kappa shape index (κ2) is 4.37. The molecule has 84 valence electrons. The fourth-order valence-electron chi connectivity index (χ4n) is 1.62. The molecule has 0 saturated carbocycles. The Morgan fingerprint density at radius 1 is 1.38 bits per heavy atom. The van der Waals surface area contributed by atoms with Crippen LogP contribution in [0.5, 0.6) is 0 Å². The van der Waals surface area contributed by atoms with Crippen LogP contribution in [0.4, 0.5) is 5.69 Å². The van der Waals surface area contributed by atoms with E-state index in [0.29, 0.717) is 6.54 Å². The molecule has 4 heteroatoms. The normalized spacial score (nSPS) is 10.9. The molecule has 0 aliphatic rings. The molecule has 0 aliphatic heterocycles. The fourth-order valence-corrected chi connectivity index (χ4v) is 1.62. The van der Waals surface area contributed by atoms with Crippen molar-refractivity contribution >= 4 is 22.5 Å². The van der Waals surface area contributed by atoms with Crippen LogP contribution in [0.3, 0.4) is 0 Å². The molecule has 0 aliphatic carbocycles. The van der Waals surface area contributed by atoms with Crippen molar-refractivity contribution in [3.63, 3.8) is 0 Å². The van der Waals surface area contributed by atoms with Crippen LogP contribution in [-0.4, -0.2) is 36.4 Å². The van der Waals surface area contributed by atoms with Crippen molar-refractivity contribution in [1.29, 1.82) is 0 Å². The molecular formula is C12H15N3O. The Morgan fingerprint density at radius 3 is 2.94 bits per heavy atom. The standard InChI is InChI=1S/C12H15N3O/c1-15(2)8-12(16)14-10-3-4-11-9(7-10)5-6-13-11/h3-7,13H,8H2,1-2H3,(H,14,16).